The molecule has 0 radical (unpaired) electrons. The second kappa shape index (κ2) is 8.46. The molecule has 0 amide bonds. The van der Waals surface area contributed by atoms with Crippen LogP contribution in [0.15, 0.2) is 0 Å². The van der Waals surface area contributed by atoms with Crippen molar-refractivity contribution in [2.24, 2.45) is 0 Å². The van der Waals surface area contributed by atoms with Crippen LogP contribution in [0.3, 0.4) is 0 Å². The summed E-state index contributed by atoms with van der Waals surface area (Å²) in [6, 6.07) is 0.801. The molecule has 1 nitrogen and oxygen atoms in total. The Balaban J connectivity index is 2.07. The Labute approximate surface area is 99.8 Å². The van der Waals surface area contributed by atoms with E-state index in [-0.39, 0.29) is 0 Å². The number of nitrogens with one attached hydrogen (secondary N) is 1. The molecule has 1 N–H and O–H groups in total. The molecule has 2 unspecified atom stereocenters. The average Bonchev–Trinajstić information content (AvgIpc) is 2.29. The third kappa shape index (κ3) is 5.26. The third-order valence-corrected chi connectivity index (χ3v) is 4.61. The Morgan fingerprint density at radius 3 is 2.67 bits per heavy atom. The minimum atomic E-state index is 0.801. The fourth-order valence-corrected chi connectivity index (χ4v) is 3.41. The van der Waals surface area contributed by atoms with Gasteiger partial charge in [0.2, 0.25) is 0 Å². The average molecular weight is 229 g/mol. The smallest absolute Gasteiger partial charge is 0.0198 e. The summed E-state index contributed by atoms with van der Waals surface area (Å²) in [5, 5.41) is 4.64. The van der Waals surface area contributed by atoms with Crippen molar-refractivity contribution in [1.29, 1.82) is 0 Å². The number of thioether (sulfide) groups is 1. The van der Waals surface area contributed by atoms with Crippen LogP contribution < -0.4 is 5.32 Å². The van der Waals surface area contributed by atoms with Gasteiger partial charge >= 0.3 is 0 Å². The molecule has 1 aliphatic rings. The molecule has 1 saturated carbocycles. The van der Waals surface area contributed by atoms with Gasteiger partial charge in [0.1, 0.15) is 0 Å². The summed E-state index contributed by atoms with van der Waals surface area (Å²) in [6.45, 7) is 3.51. The first-order valence-corrected chi connectivity index (χ1v) is 7.93. The minimum Gasteiger partial charge on any atom is -0.313 e. The molecule has 0 aromatic heterocycles. The van der Waals surface area contributed by atoms with Crippen LogP contribution in [0.2, 0.25) is 0 Å². The highest BCUT2D eigenvalue weighted by Crippen LogP contribution is 2.27. The summed E-state index contributed by atoms with van der Waals surface area (Å²) in [4.78, 5) is 0. The molecular weight excluding hydrogens is 202 g/mol. The summed E-state index contributed by atoms with van der Waals surface area (Å²) >= 11 is 2.06. The summed E-state index contributed by atoms with van der Waals surface area (Å²) < 4.78 is 0. The Morgan fingerprint density at radius 2 is 1.93 bits per heavy atom. The Kier molecular flexibility index (Phi) is 7.54. The summed E-state index contributed by atoms with van der Waals surface area (Å²) in [6.07, 6.45) is 13.5. The Bertz CT molecular complexity index is 149. The van der Waals surface area contributed by atoms with E-state index in [1.807, 2.05) is 0 Å². The number of hydrogen-bond acceptors (Lipinski definition) is 2. The van der Waals surface area contributed by atoms with Crippen molar-refractivity contribution in [1.82, 2.24) is 5.32 Å². The molecule has 0 spiro atoms. The van der Waals surface area contributed by atoms with Gasteiger partial charge < -0.3 is 5.32 Å². The van der Waals surface area contributed by atoms with Gasteiger partial charge in [0.25, 0.3) is 0 Å². The molecule has 0 saturated heterocycles. The molecule has 0 heterocycles. The Morgan fingerprint density at radius 1 is 1.13 bits per heavy atom. The van der Waals surface area contributed by atoms with Crippen LogP contribution in [0.4, 0.5) is 0 Å². The van der Waals surface area contributed by atoms with Gasteiger partial charge in [-0.15, -0.1) is 0 Å². The van der Waals surface area contributed by atoms with E-state index >= 15 is 0 Å². The van der Waals surface area contributed by atoms with Gasteiger partial charge in [-0.05, 0) is 32.1 Å². The lowest BCUT2D eigenvalue weighted by atomic mass is 9.95. The van der Waals surface area contributed by atoms with Crippen LogP contribution >= 0.6 is 11.8 Å². The molecule has 0 aliphatic heterocycles. The second-order valence-corrected chi connectivity index (χ2v) is 5.76. The van der Waals surface area contributed by atoms with E-state index in [1.165, 1.54) is 57.9 Å². The van der Waals surface area contributed by atoms with Gasteiger partial charge in [-0.2, -0.15) is 11.8 Å². The molecule has 15 heavy (non-hydrogen) atoms. The molecule has 1 aliphatic carbocycles. The zero-order chi connectivity index (χ0) is 10.9. The first-order valence-electron chi connectivity index (χ1n) is 6.64. The van der Waals surface area contributed by atoms with Crippen molar-refractivity contribution < 1.29 is 0 Å². The SMILES string of the molecule is CCCCCCNC1CCCCC1SC. The van der Waals surface area contributed by atoms with Gasteiger partial charge in [0.15, 0.2) is 0 Å². The van der Waals surface area contributed by atoms with E-state index in [0.29, 0.717) is 0 Å². The van der Waals surface area contributed by atoms with Gasteiger partial charge in [0.05, 0.1) is 0 Å². The van der Waals surface area contributed by atoms with Gasteiger partial charge in [-0.25, -0.2) is 0 Å². The van der Waals surface area contributed by atoms with Crippen molar-refractivity contribution in [2.75, 3.05) is 12.8 Å². The highest BCUT2D eigenvalue weighted by Gasteiger charge is 2.23. The van der Waals surface area contributed by atoms with E-state index < -0.39 is 0 Å². The molecule has 0 aromatic carbocycles. The number of rotatable bonds is 7. The monoisotopic (exact) mass is 229 g/mol. The van der Waals surface area contributed by atoms with Crippen LogP contribution in [-0.2, 0) is 0 Å². The zero-order valence-electron chi connectivity index (χ0n) is 10.4. The maximum absolute atomic E-state index is 3.76. The van der Waals surface area contributed by atoms with Crippen LogP contribution in [0.5, 0.6) is 0 Å². The lowest BCUT2D eigenvalue weighted by molar-refractivity contribution is 0.380. The van der Waals surface area contributed by atoms with E-state index in [9.17, 15) is 0 Å². The van der Waals surface area contributed by atoms with Crippen LogP contribution in [-0.4, -0.2) is 24.1 Å². The van der Waals surface area contributed by atoms with Crippen LogP contribution in [0.25, 0.3) is 0 Å². The summed E-state index contributed by atoms with van der Waals surface area (Å²) in [5.74, 6) is 0. The summed E-state index contributed by atoms with van der Waals surface area (Å²) in [5.41, 5.74) is 0. The van der Waals surface area contributed by atoms with E-state index in [4.69, 9.17) is 0 Å². The molecular formula is C13H27NS. The predicted molar refractivity (Wildman–Crippen MR) is 71.7 cm³/mol. The standard InChI is InChI=1S/C13H27NS/c1-3-4-5-8-11-14-12-9-6-7-10-13(12)15-2/h12-14H,3-11H2,1-2H3. The van der Waals surface area contributed by atoms with Crippen molar-refractivity contribution in [3.63, 3.8) is 0 Å². The fourth-order valence-electron chi connectivity index (χ4n) is 2.45. The minimum absolute atomic E-state index is 0.801. The van der Waals surface area contributed by atoms with E-state index in [2.05, 4.69) is 30.3 Å². The topological polar surface area (TPSA) is 12.0 Å². The highest BCUT2D eigenvalue weighted by molar-refractivity contribution is 7.99. The van der Waals surface area contributed by atoms with Crippen molar-refractivity contribution >= 4 is 11.8 Å². The maximum atomic E-state index is 3.76. The zero-order valence-corrected chi connectivity index (χ0v) is 11.2. The predicted octanol–water partition coefficient (Wildman–Crippen LogP) is 3.83. The molecule has 2 heteroatoms. The normalized spacial score (nSPS) is 26.8. The molecule has 90 valence electrons. The van der Waals surface area contributed by atoms with Gasteiger partial charge in [0, 0.05) is 11.3 Å². The molecule has 2 atom stereocenters. The molecule has 0 aromatic rings. The fraction of sp³-hybridized carbons (Fsp3) is 1.00. The summed E-state index contributed by atoms with van der Waals surface area (Å²) in [7, 11) is 0. The maximum Gasteiger partial charge on any atom is 0.0198 e. The number of hydrogen-bond donors (Lipinski definition) is 1. The van der Waals surface area contributed by atoms with Crippen molar-refractivity contribution in [3.8, 4) is 0 Å². The van der Waals surface area contributed by atoms with Crippen LogP contribution in [0.1, 0.15) is 58.3 Å². The second-order valence-electron chi connectivity index (χ2n) is 4.68. The quantitative estimate of drug-likeness (QED) is 0.666. The largest absolute Gasteiger partial charge is 0.313 e. The van der Waals surface area contributed by atoms with Gasteiger partial charge in [-0.1, -0.05) is 39.0 Å². The molecule has 0 bridgehead atoms. The van der Waals surface area contributed by atoms with Gasteiger partial charge in [-0.3, -0.25) is 0 Å². The highest BCUT2D eigenvalue weighted by atomic mass is 32.2. The number of unbranched alkanes of at least 4 members (excludes halogenated alkanes) is 3. The first kappa shape index (κ1) is 13.4. The van der Waals surface area contributed by atoms with Crippen LogP contribution in [0, 0.1) is 0 Å². The lowest BCUT2D eigenvalue weighted by Gasteiger charge is -2.31. The van der Waals surface area contributed by atoms with Crippen molar-refractivity contribution in [3.05, 3.63) is 0 Å². The van der Waals surface area contributed by atoms with E-state index in [1.54, 1.807) is 0 Å². The molecule has 1 fully saturated rings. The Hall–Kier alpha value is 0.310. The third-order valence-electron chi connectivity index (χ3n) is 3.44. The van der Waals surface area contributed by atoms with E-state index in [0.717, 1.165) is 11.3 Å². The lowest BCUT2D eigenvalue weighted by Crippen LogP contribution is -2.40. The van der Waals surface area contributed by atoms with Crippen molar-refractivity contribution in [2.45, 2.75) is 69.6 Å². The first-order chi connectivity index (χ1) is 7.38. The molecule has 1 rings (SSSR count).